The molecule has 0 aromatic heterocycles. The van der Waals surface area contributed by atoms with Crippen molar-refractivity contribution in [3.8, 4) is 0 Å². The molecule has 0 fully saturated rings. The van der Waals surface area contributed by atoms with E-state index in [1.807, 2.05) is 30.3 Å². The number of benzene rings is 3. The third-order valence-corrected chi connectivity index (χ3v) is 6.93. The predicted molar refractivity (Wildman–Crippen MR) is 157 cm³/mol. The average Bonchev–Trinajstić information content (AvgIpc) is 2.90. The topological polar surface area (TPSA) is 113 Å². The summed E-state index contributed by atoms with van der Waals surface area (Å²) in [6.07, 6.45) is -0.208. The van der Waals surface area contributed by atoms with Gasteiger partial charge < -0.3 is 10.6 Å². The van der Waals surface area contributed by atoms with Crippen LogP contribution in [0.2, 0.25) is 0 Å². The van der Waals surface area contributed by atoms with Crippen molar-refractivity contribution in [3.05, 3.63) is 107 Å². The summed E-state index contributed by atoms with van der Waals surface area (Å²) in [6, 6.07) is 18.0. The predicted octanol–water partition coefficient (Wildman–Crippen LogP) is 6.35. The van der Waals surface area contributed by atoms with Gasteiger partial charge in [0.25, 0.3) is 16.0 Å². The minimum atomic E-state index is -4.49. The summed E-state index contributed by atoms with van der Waals surface area (Å²) in [5.41, 5.74) is 2.00. The molecule has 1 unspecified atom stereocenters. The van der Waals surface area contributed by atoms with Crippen molar-refractivity contribution in [1.29, 1.82) is 0 Å². The van der Waals surface area contributed by atoms with Crippen molar-refractivity contribution in [3.63, 3.8) is 0 Å². The van der Waals surface area contributed by atoms with Crippen LogP contribution in [0, 0.1) is 5.41 Å². The third kappa shape index (κ3) is 10.5. The van der Waals surface area contributed by atoms with Gasteiger partial charge in [0, 0.05) is 17.8 Å². The summed E-state index contributed by atoms with van der Waals surface area (Å²) in [6.45, 7) is 5.97. The molecule has 224 valence electrons. The largest absolute Gasteiger partial charge is 0.416 e. The summed E-state index contributed by atoms with van der Waals surface area (Å²) >= 11 is 0. The van der Waals surface area contributed by atoms with Gasteiger partial charge in [-0.25, -0.2) is 0 Å². The quantitative estimate of drug-likeness (QED) is 0.234. The first kappa shape index (κ1) is 32.6. The zero-order chi connectivity index (χ0) is 31.1. The van der Waals surface area contributed by atoms with E-state index in [1.54, 1.807) is 12.1 Å². The highest BCUT2D eigenvalue weighted by Gasteiger charge is 2.30. The second kappa shape index (κ2) is 13.3. The van der Waals surface area contributed by atoms with Crippen molar-refractivity contribution < 1.29 is 35.7 Å². The smallest absolute Gasteiger partial charge is 0.351 e. The number of nitrogens with one attached hydrogen (secondary N) is 2. The van der Waals surface area contributed by atoms with Crippen LogP contribution in [-0.2, 0) is 27.5 Å². The Kier molecular flexibility index (Phi) is 10.3. The Balaban J connectivity index is 1.81. The van der Waals surface area contributed by atoms with Gasteiger partial charge in [0.15, 0.2) is 0 Å². The maximum absolute atomic E-state index is 13.4. The van der Waals surface area contributed by atoms with Crippen LogP contribution in [0.3, 0.4) is 0 Å². The zero-order valence-corrected chi connectivity index (χ0v) is 24.2. The van der Waals surface area contributed by atoms with Crippen LogP contribution in [0.5, 0.6) is 0 Å². The number of halogens is 3. The first-order chi connectivity index (χ1) is 19.5. The number of rotatable bonds is 10. The first-order valence-electron chi connectivity index (χ1n) is 13.1. The fourth-order valence-electron chi connectivity index (χ4n) is 3.94. The molecule has 0 aliphatic carbocycles. The highest BCUT2D eigenvalue weighted by molar-refractivity contribution is 7.85. The molecule has 0 aliphatic heterocycles. The SMILES string of the molecule is CC(C)(C)/C=C/c1ccc(C(Cc2ccc(C(=O)NCCS(=O)(=O)O)cc2)C(=O)Nc2ccc(C(F)(F)F)cc2)cc1. The van der Waals surface area contributed by atoms with E-state index >= 15 is 0 Å². The normalized spacial score (nSPS) is 13.1. The molecular weight excluding hydrogens is 569 g/mol. The molecule has 3 aromatic rings. The maximum atomic E-state index is 13.4. The van der Waals surface area contributed by atoms with Crippen LogP contribution in [0.4, 0.5) is 18.9 Å². The van der Waals surface area contributed by atoms with E-state index in [1.165, 1.54) is 24.3 Å². The highest BCUT2D eigenvalue weighted by atomic mass is 32.2. The molecule has 7 nitrogen and oxygen atoms in total. The van der Waals surface area contributed by atoms with Gasteiger partial charge in [-0.1, -0.05) is 69.3 Å². The van der Waals surface area contributed by atoms with Crippen molar-refractivity contribution in [1.82, 2.24) is 5.32 Å². The summed E-state index contributed by atoms with van der Waals surface area (Å²) in [4.78, 5) is 25.7. The highest BCUT2D eigenvalue weighted by Crippen LogP contribution is 2.30. The molecule has 0 bridgehead atoms. The van der Waals surface area contributed by atoms with E-state index in [0.29, 0.717) is 11.1 Å². The summed E-state index contributed by atoms with van der Waals surface area (Å²) in [7, 11) is -4.21. The molecule has 0 heterocycles. The average molecular weight is 603 g/mol. The second-order valence-corrected chi connectivity index (χ2v) is 12.5. The minimum absolute atomic E-state index is 0.0116. The van der Waals surface area contributed by atoms with Gasteiger partial charge in [0.1, 0.15) is 0 Å². The van der Waals surface area contributed by atoms with Crippen LogP contribution in [-0.4, -0.2) is 37.1 Å². The molecule has 1 atom stereocenters. The molecule has 3 rings (SSSR count). The monoisotopic (exact) mass is 602 g/mol. The van der Waals surface area contributed by atoms with E-state index < -0.39 is 45.3 Å². The number of amides is 2. The van der Waals surface area contributed by atoms with E-state index in [0.717, 1.165) is 17.7 Å². The lowest BCUT2D eigenvalue weighted by atomic mass is 9.89. The molecule has 0 saturated heterocycles. The van der Waals surface area contributed by atoms with Gasteiger partial charge in [0.2, 0.25) is 5.91 Å². The van der Waals surface area contributed by atoms with E-state index in [-0.39, 0.29) is 29.6 Å². The van der Waals surface area contributed by atoms with Crippen LogP contribution in [0.25, 0.3) is 6.08 Å². The van der Waals surface area contributed by atoms with Crippen molar-refractivity contribution in [2.24, 2.45) is 5.41 Å². The Labute approximate surface area is 243 Å². The Morgan fingerprint density at radius 1 is 0.905 bits per heavy atom. The number of carbonyl (C=O) groups is 2. The summed E-state index contributed by atoms with van der Waals surface area (Å²) < 4.78 is 69.4. The van der Waals surface area contributed by atoms with Gasteiger partial charge in [-0.05, 0) is 64.9 Å². The molecule has 0 aliphatic rings. The number of hydrogen-bond donors (Lipinski definition) is 3. The lowest BCUT2D eigenvalue weighted by Crippen LogP contribution is -2.28. The van der Waals surface area contributed by atoms with Crippen molar-refractivity contribution in [2.75, 3.05) is 17.6 Å². The number of allylic oxidation sites excluding steroid dienone is 1. The molecule has 2 amide bonds. The molecule has 0 radical (unpaired) electrons. The van der Waals surface area contributed by atoms with Crippen molar-refractivity contribution in [2.45, 2.75) is 39.3 Å². The molecule has 11 heteroatoms. The summed E-state index contributed by atoms with van der Waals surface area (Å²) in [5.74, 6) is -2.26. The fourth-order valence-corrected chi connectivity index (χ4v) is 4.30. The van der Waals surface area contributed by atoms with E-state index in [2.05, 4.69) is 37.5 Å². The third-order valence-electron chi connectivity index (χ3n) is 6.21. The minimum Gasteiger partial charge on any atom is -0.351 e. The zero-order valence-electron chi connectivity index (χ0n) is 23.4. The van der Waals surface area contributed by atoms with Gasteiger partial charge in [-0.15, -0.1) is 0 Å². The number of hydrogen-bond acceptors (Lipinski definition) is 4. The number of anilines is 1. The first-order valence-corrected chi connectivity index (χ1v) is 14.7. The molecule has 42 heavy (non-hydrogen) atoms. The summed E-state index contributed by atoms with van der Waals surface area (Å²) in [5, 5.41) is 5.12. The lowest BCUT2D eigenvalue weighted by molar-refractivity contribution is -0.137. The Morgan fingerprint density at radius 3 is 2.02 bits per heavy atom. The van der Waals surface area contributed by atoms with Gasteiger partial charge in [0.05, 0.1) is 17.2 Å². The Morgan fingerprint density at radius 2 is 1.50 bits per heavy atom. The van der Waals surface area contributed by atoms with Gasteiger partial charge in [-0.2, -0.15) is 21.6 Å². The number of alkyl halides is 3. The molecule has 3 N–H and O–H groups in total. The van der Waals surface area contributed by atoms with Gasteiger partial charge in [-0.3, -0.25) is 14.1 Å². The fraction of sp³-hybridized carbons (Fsp3) is 0.290. The molecule has 0 saturated carbocycles. The second-order valence-electron chi connectivity index (χ2n) is 10.9. The Bertz CT molecular complexity index is 1510. The van der Waals surface area contributed by atoms with Gasteiger partial charge >= 0.3 is 6.18 Å². The van der Waals surface area contributed by atoms with Crippen LogP contribution < -0.4 is 10.6 Å². The lowest BCUT2D eigenvalue weighted by Gasteiger charge is -2.19. The van der Waals surface area contributed by atoms with Crippen LogP contribution in [0.15, 0.2) is 78.9 Å². The number of carbonyl (C=O) groups excluding carboxylic acids is 2. The van der Waals surface area contributed by atoms with Crippen LogP contribution >= 0.6 is 0 Å². The standard InChI is InChI=1S/C31H33F3N2O5S/c1-30(2,3)17-16-21-4-8-23(9-5-21)27(29(38)36-26-14-12-25(13-15-26)31(32,33)34)20-22-6-10-24(11-7-22)28(37)35-18-19-42(39,40)41/h4-17,27H,18-20H2,1-3H3,(H,35,37)(H,36,38)(H,39,40,41)/b17-16+. The Hall–Kier alpha value is -3.96. The van der Waals surface area contributed by atoms with E-state index in [4.69, 9.17) is 4.55 Å². The molecule has 3 aromatic carbocycles. The van der Waals surface area contributed by atoms with E-state index in [9.17, 15) is 31.2 Å². The maximum Gasteiger partial charge on any atom is 0.416 e. The van der Waals surface area contributed by atoms with Crippen LogP contribution in [0.1, 0.15) is 59.3 Å². The van der Waals surface area contributed by atoms with Crippen molar-refractivity contribution >= 4 is 33.7 Å². The molecular formula is C31H33F3N2O5S. The molecule has 0 spiro atoms.